The molecule has 0 amide bonds. The lowest BCUT2D eigenvalue weighted by Crippen LogP contribution is -2.05. The quantitative estimate of drug-likeness (QED) is 0.279. The van der Waals surface area contributed by atoms with E-state index in [1.165, 1.54) is 57.8 Å². The third-order valence-electron chi connectivity index (χ3n) is 3.78. The normalized spacial score (nSPS) is 12.4. The Labute approximate surface area is 118 Å². The van der Waals surface area contributed by atoms with Crippen LogP contribution in [-0.4, -0.2) is 11.2 Å². The third-order valence-corrected chi connectivity index (χ3v) is 3.78. The van der Waals surface area contributed by atoms with Crippen LogP contribution in [0.25, 0.3) is 0 Å². The van der Waals surface area contributed by atoms with Crippen LogP contribution in [0.4, 0.5) is 0 Å². The van der Waals surface area contributed by atoms with Crippen molar-refractivity contribution in [1.29, 1.82) is 0 Å². The van der Waals surface area contributed by atoms with Gasteiger partial charge in [-0.3, -0.25) is 0 Å². The smallest absolute Gasteiger partial charge is 0.301 e. The lowest BCUT2D eigenvalue weighted by molar-refractivity contribution is -0.234. The Balaban J connectivity index is 3.71. The van der Waals surface area contributed by atoms with Crippen LogP contribution in [0.15, 0.2) is 0 Å². The molecular formula is C16H32O3. The van der Waals surface area contributed by atoms with Crippen LogP contribution in [0, 0.1) is 5.92 Å². The van der Waals surface area contributed by atoms with Gasteiger partial charge in [0.2, 0.25) is 0 Å². The van der Waals surface area contributed by atoms with E-state index in [0.717, 1.165) is 18.8 Å². The number of hydrogen-bond donors (Lipinski definition) is 1. The summed E-state index contributed by atoms with van der Waals surface area (Å²) in [5, 5.41) is 8.22. The highest BCUT2D eigenvalue weighted by Gasteiger charge is 2.10. The summed E-state index contributed by atoms with van der Waals surface area (Å²) in [5.74, 6) is 0.241. The van der Waals surface area contributed by atoms with Gasteiger partial charge in [0.25, 0.3) is 0 Å². The van der Waals surface area contributed by atoms with Crippen molar-refractivity contribution in [2.24, 2.45) is 5.92 Å². The maximum absolute atomic E-state index is 10.9. The van der Waals surface area contributed by atoms with E-state index in [1.807, 2.05) is 0 Å². The number of rotatable bonds is 13. The van der Waals surface area contributed by atoms with Crippen LogP contribution in [-0.2, 0) is 9.68 Å². The van der Waals surface area contributed by atoms with Crippen molar-refractivity contribution in [3.63, 3.8) is 0 Å². The Hall–Kier alpha value is -0.570. The molecule has 3 heteroatoms. The van der Waals surface area contributed by atoms with Gasteiger partial charge in [-0.25, -0.2) is 4.79 Å². The third kappa shape index (κ3) is 12.2. The first-order valence-electron chi connectivity index (χ1n) is 8.08. The zero-order valence-corrected chi connectivity index (χ0v) is 12.8. The Morgan fingerprint density at radius 1 is 0.895 bits per heavy atom. The fourth-order valence-electron chi connectivity index (χ4n) is 2.54. The van der Waals surface area contributed by atoms with Gasteiger partial charge in [-0.05, 0) is 18.8 Å². The minimum absolute atomic E-state index is 0.342. The highest BCUT2D eigenvalue weighted by molar-refractivity contribution is 5.68. The van der Waals surface area contributed by atoms with Gasteiger partial charge in [-0.15, -0.1) is 0 Å². The first-order valence-corrected chi connectivity index (χ1v) is 8.08. The van der Waals surface area contributed by atoms with Gasteiger partial charge in [0, 0.05) is 6.42 Å². The summed E-state index contributed by atoms with van der Waals surface area (Å²) in [6.07, 6.45) is 14.0. The van der Waals surface area contributed by atoms with Crippen LogP contribution in [0.2, 0.25) is 0 Å². The van der Waals surface area contributed by atoms with E-state index in [9.17, 15) is 4.79 Å². The van der Waals surface area contributed by atoms with Crippen molar-refractivity contribution in [2.45, 2.75) is 90.9 Å². The van der Waals surface area contributed by atoms with Crippen molar-refractivity contribution in [2.75, 3.05) is 0 Å². The summed E-state index contributed by atoms with van der Waals surface area (Å²) < 4.78 is 0. The van der Waals surface area contributed by atoms with E-state index >= 15 is 0 Å². The SMILES string of the molecule is CCCCCCCC(CCCC)CCCC(=O)OO. The molecule has 114 valence electrons. The van der Waals surface area contributed by atoms with Crippen molar-refractivity contribution < 1.29 is 14.9 Å². The van der Waals surface area contributed by atoms with Crippen molar-refractivity contribution in [3.05, 3.63) is 0 Å². The monoisotopic (exact) mass is 272 g/mol. The number of carbonyl (C=O) groups excluding carboxylic acids is 1. The molecule has 3 nitrogen and oxygen atoms in total. The molecule has 1 unspecified atom stereocenters. The fourth-order valence-corrected chi connectivity index (χ4v) is 2.54. The average Bonchev–Trinajstić information content (AvgIpc) is 2.43. The molecule has 0 aliphatic rings. The van der Waals surface area contributed by atoms with Crippen LogP contribution < -0.4 is 0 Å². The van der Waals surface area contributed by atoms with Gasteiger partial charge < -0.3 is 4.89 Å². The largest absolute Gasteiger partial charge is 0.342 e. The summed E-state index contributed by atoms with van der Waals surface area (Å²) >= 11 is 0. The Morgan fingerprint density at radius 2 is 1.47 bits per heavy atom. The van der Waals surface area contributed by atoms with E-state index in [4.69, 9.17) is 5.26 Å². The fraction of sp³-hybridized carbons (Fsp3) is 0.938. The minimum atomic E-state index is -0.503. The molecule has 0 saturated carbocycles. The number of unbranched alkanes of at least 4 members (excludes halogenated alkanes) is 5. The van der Waals surface area contributed by atoms with E-state index in [0.29, 0.717) is 6.42 Å². The summed E-state index contributed by atoms with van der Waals surface area (Å²) in [6.45, 7) is 4.46. The Bertz CT molecular complexity index is 204. The maximum atomic E-state index is 10.9. The topological polar surface area (TPSA) is 46.5 Å². The van der Waals surface area contributed by atoms with E-state index < -0.39 is 5.97 Å². The molecule has 0 aromatic carbocycles. The summed E-state index contributed by atoms with van der Waals surface area (Å²) in [5.41, 5.74) is 0. The second-order valence-corrected chi connectivity index (χ2v) is 5.57. The molecule has 0 saturated heterocycles. The Morgan fingerprint density at radius 3 is 2.11 bits per heavy atom. The standard InChI is InChI=1S/C16H32O3/c1-3-5-7-8-9-12-15(11-6-4-2)13-10-14-16(17)19-18/h15,18H,3-14H2,1-2H3. The molecule has 1 atom stereocenters. The van der Waals surface area contributed by atoms with Crippen molar-refractivity contribution >= 4 is 5.97 Å². The van der Waals surface area contributed by atoms with Crippen LogP contribution in [0.3, 0.4) is 0 Å². The Kier molecular flexibility index (Phi) is 13.4. The lowest BCUT2D eigenvalue weighted by Gasteiger charge is -2.16. The van der Waals surface area contributed by atoms with Gasteiger partial charge in [0.15, 0.2) is 0 Å². The number of carbonyl (C=O) groups is 1. The molecular weight excluding hydrogens is 240 g/mol. The second-order valence-electron chi connectivity index (χ2n) is 5.57. The summed E-state index contributed by atoms with van der Waals surface area (Å²) in [7, 11) is 0. The predicted octanol–water partition coefficient (Wildman–Crippen LogP) is 5.34. The molecule has 0 rings (SSSR count). The molecule has 0 aromatic heterocycles. The van der Waals surface area contributed by atoms with Gasteiger partial charge in [-0.2, -0.15) is 5.26 Å². The molecule has 0 radical (unpaired) electrons. The molecule has 0 heterocycles. The first kappa shape index (κ1) is 18.4. The molecule has 19 heavy (non-hydrogen) atoms. The highest BCUT2D eigenvalue weighted by atomic mass is 17.1. The highest BCUT2D eigenvalue weighted by Crippen LogP contribution is 2.23. The zero-order valence-electron chi connectivity index (χ0n) is 12.8. The first-order chi connectivity index (χ1) is 9.24. The molecule has 0 fully saturated rings. The van der Waals surface area contributed by atoms with Gasteiger partial charge in [-0.1, -0.05) is 71.6 Å². The van der Waals surface area contributed by atoms with Crippen LogP contribution >= 0.6 is 0 Å². The average molecular weight is 272 g/mol. The summed E-state index contributed by atoms with van der Waals surface area (Å²) in [4.78, 5) is 14.6. The van der Waals surface area contributed by atoms with E-state index in [-0.39, 0.29) is 0 Å². The van der Waals surface area contributed by atoms with Crippen LogP contribution in [0.1, 0.15) is 90.9 Å². The molecule has 0 aliphatic carbocycles. The summed E-state index contributed by atoms with van der Waals surface area (Å²) in [6, 6.07) is 0. The van der Waals surface area contributed by atoms with Gasteiger partial charge in [0.1, 0.15) is 0 Å². The molecule has 1 N–H and O–H groups in total. The van der Waals surface area contributed by atoms with Gasteiger partial charge in [0.05, 0.1) is 0 Å². The second kappa shape index (κ2) is 13.9. The minimum Gasteiger partial charge on any atom is -0.301 e. The maximum Gasteiger partial charge on any atom is 0.342 e. The van der Waals surface area contributed by atoms with Crippen molar-refractivity contribution in [1.82, 2.24) is 0 Å². The molecule has 0 spiro atoms. The zero-order chi connectivity index (χ0) is 14.3. The molecule has 0 bridgehead atoms. The molecule has 0 aromatic rings. The predicted molar refractivity (Wildman–Crippen MR) is 79.0 cm³/mol. The van der Waals surface area contributed by atoms with Crippen molar-refractivity contribution in [3.8, 4) is 0 Å². The lowest BCUT2D eigenvalue weighted by atomic mass is 9.90. The van der Waals surface area contributed by atoms with E-state index in [2.05, 4.69) is 18.7 Å². The number of hydrogen-bond acceptors (Lipinski definition) is 3. The van der Waals surface area contributed by atoms with Crippen LogP contribution in [0.5, 0.6) is 0 Å². The van der Waals surface area contributed by atoms with Gasteiger partial charge >= 0.3 is 5.97 Å². The molecule has 0 aliphatic heterocycles. The van der Waals surface area contributed by atoms with E-state index in [1.54, 1.807) is 0 Å².